The Bertz CT molecular complexity index is 512. The van der Waals surface area contributed by atoms with Crippen LogP contribution in [0.25, 0.3) is 0 Å². The number of benzene rings is 1. The zero-order chi connectivity index (χ0) is 15.5. The lowest BCUT2D eigenvalue weighted by atomic mass is 9.93. The van der Waals surface area contributed by atoms with E-state index in [0.717, 1.165) is 42.7 Å². The van der Waals surface area contributed by atoms with Gasteiger partial charge in [-0.25, -0.2) is 0 Å². The summed E-state index contributed by atoms with van der Waals surface area (Å²) >= 11 is 0. The number of aryl methyl sites for hydroxylation is 2. The summed E-state index contributed by atoms with van der Waals surface area (Å²) in [5, 5.41) is 3.35. The quantitative estimate of drug-likeness (QED) is 0.772. The van der Waals surface area contributed by atoms with Crippen molar-refractivity contribution in [2.75, 3.05) is 13.2 Å². The van der Waals surface area contributed by atoms with Gasteiger partial charge in [0.2, 0.25) is 5.91 Å². The first-order valence-corrected chi connectivity index (χ1v) is 7.74. The van der Waals surface area contributed by atoms with Gasteiger partial charge in [-0.05, 0) is 62.8 Å². The highest BCUT2D eigenvalue weighted by Gasteiger charge is 2.50. The molecule has 21 heavy (non-hydrogen) atoms. The van der Waals surface area contributed by atoms with Crippen LogP contribution in [0.15, 0.2) is 18.2 Å². The van der Waals surface area contributed by atoms with Crippen molar-refractivity contribution in [1.82, 2.24) is 5.32 Å². The number of nitrogens with two attached hydrogens (primary N) is 1. The SMILES string of the molecule is CCCNC(COc1cc(C)ccc1C)(C(N)=O)C1CC1. The number of amides is 1. The standard InChI is InChI=1S/C17H26N2O2/c1-4-9-19-17(16(18)20,14-7-8-14)11-21-15-10-12(2)5-6-13(15)3/h5-6,10,14,19H,4,7-9,11H2,1-3H3,(H2,18,20). The van der Waals surface area contributed by atoms with E-state index in [1.165, 1.54) is 0 Å². The first-order valence-electron chi connectivity index (χ1n) is 7.74. The average molecular weight is 290 g/mol. The van der Waals surface area contributed by atoms with Crippen molar-refractivity contribution in [3.05, 3.63) is 29.3 Å². The Morgan fingerprint density at radius 2 is 2.14 bits per heavy atom. The topological polar surface area (TPSA) is 64.3 Å². The van der Waals surface area contributed by atoms with Crippen molar-refractivity contribution in [1.29, 1.82) is 0 Å². The van der Waals surface area contributed by atoms with E-state index in [2.05, 4.69) is 18.3 Å². The molecule has 1 unspecified atom stereocenters. The van der Waals surface area contributed by atoms with E-state index < -0.39 is 5.54 Å². The second-order valence-corrected chi connectivity index (χ2v) is 6.09. The molecule has 1 atom stereocenters. The van der Waals surface area contributed by atoms with E-state index in [1.807, 2.05) is 26.0 Å². The number of hydrogen-bond donors (Lipinski definition) is 2. The molecule has 0 heterocycles. The Kier molecular flexibility index (Phi) is 4.88. The summed E-state index contributed by atoms with van der Waals surface area (Å²) in [6.07, 6.45) is 3.04. The maximum absolute atomic E-state index is 12.1. The molecule has 0 bridgehead atoms. The van der Waals surface area contributed by atoms with Crippen LogP contribution in [0.5, 0.6) is 5.75 Å². The fraction of sp³-hybridized carbons (Fsp3) is 0.588. The molecule has 1 aliphatic rings. The number of rotatable bonds is 8. The molecular formula is C17H26N2O2. The summed E-state index contributed by atoms with van der Waals surface area (Å²) in [7, 11) is 0. The average Bonchev–Trinajstić information content (AvgIpc) is 3.27. The minimum absolute atomic E-state index is 0.298. The van der Waals surface area contributed by atoms with E-state index in [0.29, 0.717) is 12.5 Å². The number of carbonyl (C=O) groups is 1. The summed E-state index contributed by atoms with van der Waals surface area (Å²) in [6.45, 7) is 7.20. The maximum atomic E-state index is 12.1. The van der Waals surface area contributed by atoms with Gasteiger partial charge in [0.25, 0.3) is 0 Å². The van der Waals surface area contributed by atoms with Crippen LogP contribution in [0.3, 0.4) is 0 Å². The highest BCUT2D eigenvalue weighted by molar-refractivity contribution is 5.85. The molecule has 2 rings (SSSR count). The van der Waals surface area contributed by atoms with Crippen molar-refractivity contribution in [3.8, 4) is 5.75 Å². The van der Waals surface area contributed by atoms with Crippen molar-refractivity contribution in [3.63, 3.8) is 0 Å². The largest absolute Gasteiger partial charge is 0.491 e. The molecule has 0 aliphatic heterocycles. The van der Waals surface area contributed by atoms with E-state index in [4.69, 9.17) is 10.5 Å². The molecule has 3 N–H and O–H groups in total. The molecule has 0 spiro atoms. The summed E-state index contributed by atoms with van der Waals surface area (Å²) in [5.74, 6) is 0.829. The third-order valence-electron chi connectivity index (χ3n) is 4.20. The van der Waals surface area contributed by atoms with Gasteiger partial charge in [-0.15, -0.1) is 0 Å². The van der Waals surface area contributed by atoms with Crippen LogP contribution in [0.4, 0.5) is 0 Å². The van der Waals surface area contributed by atoms with Gasteiger partial charge in [0, 0.05) is 0 Å². The van der Waals surface area contributed by atoms with E-state index in [-0.39, 0.29) is 5.91 Å². The van der Waals surface area contributed by atoms with Gasteiger partial charge in [0.15, 0.2) is 0 Å². The van der Waals surface area contributed by atoms with Gasteiger partial charge >= 0.3 is 0 Å². The molecule has 4 heteroatoms. The predicted octanol–water partition coefficient (Wildman–Crippen LogP) is 2.32. The first-order chi connectivity index (χ1) is 9.99. The Morgan fingerprint density at radius 3 is 2.71 bits per heavy atom. The molecule has 1 aromatic rings. The lowest BCUT2D eigenvalue weighted by molar-refractivity contribution is -0.126. The zero-order valence-corrected chi connectivity index (χ0v) is 13.2. The fourth-order valence-corrected chi connectivity index (χ4v) is 2.65. The van der Waals surface area contributed by atoms with Gasteiger partial charge in [-0.3, -0.25) is 4.79 Å². The maximum Gasteiger partial charge on any atom is 0.241 e. The van der Waals surface area contributed by atoms with Crippen molar-refractivity contribution >= 4 is 5.91 Å². The number of ether oxygens (including phenoxy) is 1. The molecule has 1 amide bonds. The summed E-state index contributed by atoms with van der Waals surface area (Å²) < 4.78 is 5.98. The monoisotopic (exact) mass is 290 g/mol. The lowest BCUT2D eigenvalue weighted by Gasteiger charge is -2.32. The van der Waals surface area contributed by atoms with Crippen LogP contribution >= 0.6 is 0 Å². The molecule has 1 aromatic carbocycles. The smallest absolute Gasteiger partial charge is 0.241 e. The molecule has 0 aromatic heterocycles. The first kappa shape index (κ1) is 15.8. The third-order valence-corrected chi connectivity index (χ3v) is 4.20. The molecule has 4 nitrogen and oxygen atoms in total. The van der Waals surface area contributed by atoms with Gasteiger partial charge in [0.1, 0.15) is 17.9 Å². The molecule has 1 fully saturated rings. The van der Waals surface area contributed by atoms with E-state index in [1.54, 1.807) is 0 Å². The number of primary amides is 1. The van der Waals surface area contributed by atoms with Crippen LogP contribution in [0.2, 0.25) is 0 Å². The van der Waals surface area contributed by atoms with Gasteiger partial charge in [-0.2, -0.15) is 0 Å². The Balaban J connectivity index is 2.15. The Morgan fingerprint density at radius 1 is 1.43 bits per heavy atom. The highest BCUT2D eigenvalue weighted by Crippen LogP contribution is 2.40. The van der Waals surface area contributed by atoms with Crippen molar-refractivity contribution in [2.45, 2.75) is 45.6 Å². The molecule has 116 valence electrons. The van der Waals surface area contributed by atoms with Crippen molar-refractivity contribution in [2.24, 2.45) is 11.7 Å². The van der Waals surface area contributed by atoms with E-state index >= 15 is 0 Å². The number of hydrogen-bond acceptors (Lipinski definition) is 3. The van der Waals surface area contributed by atoms with Crippen LogP contribution < -0.4 is 15.8 Å². The zero-order valence-electron chi connectivity index (χ0n) is 13.2. The second-order valence-electron chi connectivity index (χ2n) is 6.09. The summed E-state index contributed by atoms with van der Waals surface area (Å²) in [6, 6.07) is 6.10. The third kappa shape index (κ3) is 3.56. The Hall–Kier alpha value is -1.55. The number of carbonyl (C=O) groups excluding carboxylic acids is 1. The number of nitrogens with one attached hydrogen (secondary N) is 1. The van der Waals surface area contributed by atoms with Crippen LogP contribution in [-0.2, 0) is 4.79 Å². The lowest BCUT2D eigenvalue weighted by Crippen LogP contribution is -2.61. The van der Waals surface area contributed by atoms with E-state index in [9.17, 15) is 4.79 Å². The van der Waals surface area contributed by atoms with Crippen molar-refractivity contribution < 1.29 is 9.53 Å². The van der Waals surface area contributed by atoms with Crippen LogP contribution in [-0.4, -0.2) is 24.6 Å². The molecule has 1 saturated carbocycles. The van der Waals surface area contributed by atoms with Gasteiger partial charge in [0.05, 0.1) is 0 Å². The minimum Gasteiger partial charge on any atom is -0.491 e. The van der Waals surface area contributed by atoms with Gasteiger partial charge < -0.3 is 15.8 Å². The predicted molar refractivity (Wildman–Crippen MR) is 84.4 cm³/mol. The molecule has 1 aliphatic carbocycles. The summed E-state index contributed by atoms with van der Waals surface area (Å²) in [4.78, 5) is 12.1. The minimum atomic E-state index is -0.730. The fourth-order valence-electron chi connectivity index (χ4n) is 2.65. The Labute approximate surface area is 127 Å². The second kappa shape index (κ2) is 6.48. The summed E-state index contributed by atoms with van der Waals surface area (Å²) in [5.41, 5.74) is 7.19. The van der Waals surface area contributed by atoms with Crippen LogP contribution in [0, 0.1) is 19.8 Å². The highest BCUT2D eigenvalue weighted by atomic mass is 16.5. The van der Waals surface area contributed by atoms with Gasteiger partial charge in [-0.1, -0.05) is 19.1 Å². The van der Waals surface area contributed by atoms with Crippen LogP contribution in [0.1, 0.15) is 37.3 Å². The molecule has 0 radical (unpaired) electrons. The normalized spacial score (nSPS) is 17.3. The molecule has 0 saturated heterocycles. The molecular weight excluding hydrogens is 264 g/mol.